The minimum atomic E-state index is -0.330. The Morgan fingerprint density at radius 1 is 1.13 bits per heavy atom. The summed E-state index contributed by atoms with van der Waals surface area (Å²) in [6, 6.07) is 10.6. The van der Waals surface area contributed by atoms with Crippen LogP contribution in [0.1, 0.15) is 35.3 Å². The number of ether oxygens (including phenoxy) is 2. The highest BCUT2D eigenvalue weighted by Gasteiger charge is 2.28. The molecule has 7 heteroatoms. The van der Waals surface area contributed by atoms with Gasteiger partial charge in [0, 0.05) is 12.1 Å². The SMILES string of the molecule is Cc1cc(C)cc(OCC(=O)c2ccc3c(c2)N(CC(=O)NCC(C)C)C(=O)CO3)c1. The van der Waals surface area contributed by atoms with Gasteiger partial charge in [-0.1, -0.05) is 19.9 Å². The number of ketones is 1. The summed E-state index contributed by atoms with van der Waals surface area (Å²) in [5.74, 6) is 0.573. The molecule has 0 saturated carbocycles. The molecule has 2 aromatic carbocycles. The number of Topliss-reactive ketones (excluding diaryl/α,β-unsaturated/α-hetero) is 1. The Labute approximate surface area is 182 Å². The maximum Gasteiger partial charge on any atom is 0.265 e. The summed E-state index contributed by atoms with van der Waals surface area (Å²) in [7, 11) is 0. The summed E-state index contributed by atoms with van der Waals surface area (Å²) in [6.07, 6.45) is 0. The molecule has 0 aliphatic carbocycles. The standard InChI is InChI=1S/C24H28N2O5/c1-15(2)11-25-23(28)12-26-20-10-18(5-6-22(20)31-14-24(26)29)21(27)13-30-19-8-16(3)7-17(4)9-19/h5-10,15H,11-14H2,1-4H3,(H,25,28). The fourth-order valence-corrected chi connectivity index (χ4v) is 3.31. The first-order chi connectivity index (χ1) is 14.7. The zero-order valence-electron chi connectivity index (χ0n) is 18.4. The molecule has 0 aromatic heterocycles. The minimum Gasteiger partial charge on any atom is -0.485 e. The monoisotopic (exact) mass is 424 g/mol. The van der Waals surface area contributed by atoms with Crippen LogP contribution < -0.4 is 19.7 Å². The second-order valence-electron chi connectivity index (χ2n) is 8.18. The van der Waals surface area contributed by atoms with Crippen molar-refractivity contribution in [3.63, 3.8) is 0 Å². The summed E-state index contributed by atoms with van der Waals surface area (Å²) in [4.78, 5) is 38.7. The van der Waals surface area contributed by atoms with E-state index in [4.69, 9.17) is 9.47 Å². The number of amides is 2. The van der Waals surface area contributed by atoms with Gasteiger partial charge in [0.2, 0.25) is 5.91 Å². The molecule has 0 radical (unpaired) electrons. The number of carbonyl (C=O) groups excluding carboxylic acids is 3. The molecule has 0 atom stereocenters. The highest BCUT2D eigenvalue weighted by Crippen LogP contribution is 2.33. The number of fused-ring (bicyclic) bond motifs is 1. The second kappa shape index (κ2) is 9.64. The zero-order valence-corrected chi connectivity index (χ0v) is 18.4. The van der Waals surface area contributed by atoms with Crippen LogP contribution in [0.2, 0.25) is 0 Å². The van der Waals surface area contributed by atoms with Gasteiger partial charge in [0.15, 0.2) is 19.0 Å². The van der Waals surface area contributed by atoms with Gasteiger partial charge in [0.1, 0.15) is 18.0 Å². The largest absolute Gasteiger partial charge is 0.485 e. The molecule has 1 heterocycles. The maximum atomic E-state index is 12.7. The van der Waals surface area contributed by atoms with Crippen molar-refractivity contribution in [2.75, 3.05) is 31.2 Å². The number of carbonyl (C=O) groups is 3. The van der Waals surface area contributed by atoms with E-state index in [1.54, 1.807) is 18.2 Å². The van der Waals surface area contributed by atoms with Crippen LogP contribution in [0.15, 0.2) is 36.4 Å². The Bertz CT molecular complexity index is 979. The number of nitrogens with one attached hydrogen (secondary N) is 1. The molecule has 0 fully saturated rings. The first kappa shape index (κ1) is 22.3. The Morgan fingerprint density at radius 2 is 1.84 bits per heavy atom. The highest BCUT2D eigenvalue weighted by atomic mass is 16.5. The van der Waals surface area contributed by atoms with Gasteiger partial charge in [-0.05, 0) is 61.2 Å². The van der Waals surface area contributed by atoms with E-state index in [1.807, 2.05) is 45.9 Å². The van der Waals surface area contributed by atoms with Gasteiger partial charge in [0.05, 0.1) is 5.69 Å². The minimum absolute atomic E-state index is 0.126. The number of anilines is 1. The lowest BCUT2D eigenvalue weighted by molar-refractivity contribution is -0.125. The van der Waals surface area contributed by atoms with Gasteiger partial charge in [-0.25, -0.2) is 0 Å². The molecule has 7 nitrogen and oxygen atoms in total. The summed E-state index contributed by atoms with van der Waals surface area (Å²) < 4.78 is 11.1. The number of rotatable bonds is 8. The Kier molecular flexibility index (Phi) is 6.95. The smallest absolute Gasteiger partial charge is 0.265 e. The van der Waals surface area contributed by atoms with Crippen molar-refractivity contribution in [1.82, 2.24) is 5.32 Å². The topological polar surface area (TPSA) is 84.9 Å². The Morgan fingerprint density at radius 3 is 2.52 bits per heavy atom. The van der Waals surface area contributed by atoms with E-state index >= 15 is 0 Å². The van der Waals surface area contributed by atoms with Crippen LogP contribution in [0.4, 0.5) is 5.69 Å². The third-order valence-electron chi connectivity index (χ3n) is 4.80. The van der Waals surface area contributed by atoms with Crippen LogP contribution >= 0.6 is 0 Å². The third-order valence-corrected chi connectivity index (χ3v) is 4.80. The van der Waals surface area contributed by atoms with Crippen LogP contribution in [-0.2, 0) is 9.59 Å². The summed E-state index contributed by atoms with van der Waals surface area (Å²) >= 11 is 0. The number of benzene rings is 2. The second-order valence-corrected chi connectivity index (χ2v) is 8.18. The van der Waals surface area contributed by atoms with Gasteiger partial charge < -0.3 is 14.8 Å². The lowest BCUT2D eigenvalue weighted by Gasteiger charge is -2.29. The van der Waals surface area contributed by atoms with Gasteiger partial charge in [-0.2, -0.15) is 0 Å². The van der Waals surface area contributed by atoms with Crippen LogP contribution in [0.25, 0.3) is 0 Å². The van der Waals surface area contributed by atoms with E-state index < -0.39 is 0 Å². The van der Waals surface area contributed by atoms with Crippen LogP contribution in [0.3, 0.4) is 0 Å². The van der Waals surface area contributed by atoms with E-state index in [0.717, 1.165) is 11.1 Å². The van der Waals surface area contributed by atoms with Crippen molar-refractivity contribution < 1.29 is 23.9 Å². The highest BCUT2D eigenvalue weighted by molar-refractivity contribution is 6.04. The van der Waals surface area contributed by atoms with Crippen molar-refractivity contribution in [2.24, 2.45) is 5.92 Å². The quantitative estimate of drug-likeness (QED) is 0.659. The first-order valence-corrected chi connectivity index (χ1v) is 10.3. The van der Waals surface area contributed by atoms with E-state index in [2.05, 4.69) is 5.32 Å². The van der Waals surface area contributed by atoms with Gasteiger partial charge >= 0.3 is 0 Å². The molecular formula is C24H28N2O5. The van der Waals surface area contributed by atoms with Gasteiger partial charge in [-0.3, -0.25) is 19.3 Å². The molecule has 2 aromatic rings. The van der Waals surface area contributed by atoms with E-state index in [-0.39, 0.29) is 37.4 Å². The summed E-state index contributed by atoms with van der Waals surface area (Å²) in [5, 5.41) is 2.81. The maximum absolute atomic E-state index is 12.7. The molecule has 0 bridgehead atoms. The Hall–Kier alpha value is -3.35. The predicted octanol–water partition coefficient (Wildman–Crippen LogP) is 3.06. The fourth-order valence-electron chi connectivity index (χ4n) is 3.31. The number of nitrogens with zero attached hydrogens (tertiary/aromatic N) is 1. The van der Waals surface area contributed by atoms with Crippen molar-refractivity contribution in [3.8, 4) is 11.5 Å². The molecule has 31 heavy (non-hydrogen) atoms. The summed E-state index contributed by atoms with van der Waals surface area (Å²) in [6.45, 7) is 8.04. The third kappa shape index (κ3) is 5.84. The average Bonchev–Trinajstić information content (AvgIpc) is 2.71. The lowest BCUT2D eigenvalue weighted by Crippen LogP contribution is -2.45. The normalized spacial score (nSPS) is 12.9. The lowest BCUT2D eigenvalue weighted by atomic mass is 10.1. The first-order valence-electron chi connectivity index (χ1n) is 10.3. The number of aryl methyl sites for hydroxylation is 2. The zero-order chi connectivity index (χ0) is 22.5. The van der Waals surface area contributed by atoms with Crippen molar-refractivity contribution in [1.29, 1.82) is 0 Å². The fraction of sp³-hybridized carbons (Fsp3) is 0.375. The molecule has 3 rings (SSSR count). The molecule has 1 aliphatic heterocycles. The van der Waals surface area contributed by atoms with E-state index in [0.29, 0.717) is 35.2 Å². The van der Waals surface area contributed by atoms with Gasteiger partial charge in [-0.15, -0.1) is 0 Å². The molecule has 1 N–H and O–H groups in total. The molecule has 0 saturated heterocycles. The van der Waals surface area contributed by atoms with Crippen LogP contribution in [0, 0.1) is 19.8 Å². The van der Waals surface area contributed by atoms with Crippen molar-refractivity contribution >= 4 is 23.3 Å². The molecule has 2 amide bonds. The Balaban J connectivity index is 1.73. The van der Waals surface area contributed by atoms with Crippen LogP contribution in [0.5, 0.6) is 11.5 Å². The van der Waals surface area contributed by atoms with E-state index in [9.17, 15) is 14.4 Å². The molecular weight excluding hydrogens is 396 g/mol. The number of hydrogen-bond acceptors (Lipinski definition) is 5. The van der Waals surface area contributed by atoms with Crippen LogP contribution in [-0.4, -0.2) is 43.9 Å². The molecule has 0 unspecified atom stereocenters. The summed E-state index contributed by atoms with van der Waals surface area (Å²) in [5.41, 5.74) is 2.90. The van der Waals surface area contributed by atoms with Crippen molar-refractivity contribution in [3.05, 3.63) is 53.1 Å². The molecule has 1 aliphatic rings. The van der Waals surface area contributed by atoms with E-state index in [1.165, 1.54) is 4.90 Å². The van der Waals surface area contributed by atoms with Crippen molar-refractivity contribution in [2.45, 2.75) is 27.7 Å². The average molecular weight is 424 g/mol. The van der Waals surface area contributed by atoms with Gasteiger partial charge in [0.25, 0.3) is 5.91 Å². The number of hydrogen-bond donors (Lipinski definition) is 1. The molecule has 0 spiro atoms. The predicted molar refractivity (Wildman–Crippen MR) is 118 cm³/mol. The molecule has 164 valence electrons.